The number of aliphatic hydroxyl groups is 3. The van der Waals surface area contributed by atoms with Gasteiger partial charge in [-0.15, -0.1) is 0 Å². The van der Waals surface area contributed by atoms with Gasteiger partial charge >= 0.3 is 0 Å². The van der Waals surface area contributed by atoms with E-state index in [4.69, 9.17) is 15.6 Å². The van der Waals surface area contributed by atoms with Crippen molar-refractivity contribution < 1.29 is 20.1 Å². The maximum Gasteiger partial charge on any atom is 0.258 e. The normalized spacial score (nSPS) is 32.9. The third-order valence-electron chi connectivity index (χ3n) is 2.70. The monoisotopic (exact) mass is 243 g/mol. The number of hydrogen-bond donors (Lipinski definition) is 5. The van der Waals surface area contributed by atoms with Crippen LogP contribution in [0.4, 0.5) is 5.95 Å². The topological polar surface area (TPSA) is 142 Å². The second kappa shape index (κ2) is 4.41. The zero-order valence-electron chi connectivity index (χ0n) is 8.78. The van der Waals surface area contributed by atoms with Crippen molar-refractivity contribution in [3.63, 3.8) is 0 Å². The maximum absolute atomic E-state index is 11.6. The van der Waals surface area contributed by atoms with Gasteiger partial charge in [0.1, 0.15) is 24.4 Å². The zero-order chi connectivity index (χ0) is 12.6. The summed E-state index contributed by atoms with van der Waals surface area (Å²) in [5.74, 6) is -0.0505. The Morgan fingerprint density at radius 3 is 2.71 bits per heavy atom. The number of hydrogen-bond acceptors (Lipinski definition) is 7. The number of H-pyrrole nitrogens is 1. The molecule has 4 atom stereocenters. The summed E-state index contributed by atoms with van der Waals surface area (Å²) >= 11 is 0. The number of rotatable bonds is 2. The van der Waals surface area contributed by atoms with Crippen LogP contribution in [0.5, 0.6) is 0 Å². The Hall–Kier alpha value is -1.48. The summed E-state index contributed by atoms with van der Waals surface area (Å²) in [4.78, 5) is 17.5. The lowest BCUT2D eigenvalue weighted by Crippen LogP contribution is -2.33. The molecule has 0 aliphatic carbocycles. The van der Waals surface area contributed by atoms with Gasteiger partial charge in [-0.25, -0.2) is 4.98 Å². The summed E-state index contributed by atoms with van der Waals surface area (Å²) in [5.41, 5.74) is 4.79. The van der Waals surface area contributed by atoms with E-state index >= 15 is 0 Å². The van der Waals surface area contributed by atoms with E-state index in [1.165, 1.54) is 6.20 Å². The minimum absolute atomic E-state index is 0.0505. The molecule has 6 N–H and O–H groups in total. The average molecular weight is 243 g/mol. The van der Waals surface area contributed by atoms with Crippen LogP contribution in [0.15, 0.2) is 11.0 Å². The summed E-state index contributed by atoms with van der Waals surface area (Å²) in [6.45, 7) is -0.449. The van der Waals surface area contributed by atoms with Crippen molar-refractivity contribution in [2.75, 3.05) is 12.3 Å². The minimum Gasteiger partial charge on any atom is -0.394 e. The van der Waals surface area contributed by atoms with Crippen LogP contribution < -0.4 is 11.3 Å². The van der Waals surface area contributed by atoms with Gasteiger partial charge in [-0.05, 0) is 0 Å². The quantitative estimate of drug-likeness (QED) is 0.386. The molecule has 2 heterocycles. The molecule has 0 spiro atoms. The van der Waals surface area contributed by atoms with E-state index < -0.39 is 36.6 Å². The molecule has 0 radical (unpaired) electrons. The van der Waals surface area contributed by atoms with Crippen LogP contribution in [-0.4, -0.2) is 50.2 Å². The predicted octanol–water partition coefficient (Wildman–Crippen LogP) is -2.49. The van der Waals surface area contributed by atoms with Gasteiger partial charge in [0.2, 0.25) is 0 Å². The van der Waals surface area contributed by atoms with Gasteiger partial charge in [-0.1, -0.05) is 0 Å². The van der Waals surface area contributed by atoms with Crippen molar-refractivity contribution in [2.24, 2.45) is 0 Å². The Bertz CT molecular complexity index is 462. The molecule has 1 aromatic heterocycles. The summed E-state index contributed by atoms with van der Waals surface area (Å²) in [6, 6.07) is 0. The minimum atomic E-state index is -1.29. The molecule has 94 valence electrons. The number of anilines is 1. The molecule has 1 aliphatic rings. The van der Waals surface area contributed by atoms with E-state index in [1.54, 1.807) is 0 Å². The fourth-order valence-electron chi connectivity index (χ4n) is 1.78. The maximum atomic E-state index is 11.6. The highest BCUT2D eigenvalue weighted by Crippen LogP contribution is 2.31. The van der Waals surface area contributed by atoms with Gasteiger partial charge in [0.15, 0.2) is 5.95 Å². The predicted molar refractivity (Wildman–Crippen MR) is 56.0 cm³/mol. The average Bonchev–Trinajstić information content (AvgIpc) is 2.57. The van der Waals surface area contributed by atoms with E-state index in [0.29, 0.717) is 0 Å². The summed E-state index contributed by atoms with van der Waals surface area (Å²) < 4.78 is 5.19. The highest BCUT2D eigenvalue weighted by molar-refractivity contribution is 5.21. The SMILES string of the molecule is Nc1ncc([C@H]2O[C@@H](CO)[C@@H](O)[C@@H]2O)c(=O)[nH]1. The second-order valence-electron chi connectivity index (χ2n) is 3.81. The molecule has 1 aromatic rings. The first-order chi connectivity index (χ1) is 8.04. The number of aromatic amines is 1. The van der Waals surface area contributed by atoms with Crippen LogP contribution in [0.1, 0.15) is 11.7 Å². The van der Waals surface area contributed by atoms with Gasteiger partial charge in [-0.2, -0.15) is 0 Å². The number of ether oxygens (including phenoxy) is 1. The van der Waals surface area contributed by atoms with Crippen molar-refractivity contribution in [3.05, 3.63) is 22.1 Å². The van der Waals surface area contributed by atoms with E-state index in [-0.39, 0.29) is 11.5 Å². The molecule has 8 nitrogen and oxygen atoms in total. The summed E-state index contributed by atoms with van der Waals surface area (Å²) in [6.07, 6.45) is -3.32. The number of nitrogens with zero attached hydrogens (tertiary/aromatic N) is 1. The first kappa shape index (κ1) is 12.0. The van der Waals surface area contributed by atoms with Crippen molar-refractivity contribution in [2.45, 2.75) is 24.4 Å². The number of aliphatic hydroxyl groups excluding tert-OH is 3. The molecule has 17 heavy (non-hydrogen) atoms. The molecular weight excluding hydrogens is 230 g/mol. The molecule has 0 saturated carbocycles. The Morgan fingerprint density at radius 1 is 1.47 bits per heavy atom. The largest absolute Gasteiger partial charge is 0.394 e. The standard InChI is InChI=1S/C9H13N3O5/c10-9-11-1-3(8(16)12-9)7-6(15)5(14)4(2-13)17-7/h1,4-7,13-15H,2H2,(H3,10,11,12,16)/t4-,5+,6-,7+/m0/s1. The number of nitrogens with one attached hydrogen (secondary N) is 1. The molecule has 1 aliphatic heterocycles. The first-order valence-electron chi connectivity index (χ1n) is 5.01. The van der Waals surface area contributed by atoms with Gasteiger partial charge in [-0.3, -0.25) is 9.78 Å². The van der Waals surface area contributed by atoms with Gasteiger partial charge in [0.05, 0.1) is 12.2 Å². The lowest BCUT2D eigenvalue weighted by Gasteiger charge is -2.13. The van der Waals surface area contributed by atoms with E-state index in [1.807, 2.05) is 0 Å². The molecule has 0 aromatic carbocycles. The Morgan fingerprint density at radius 2 is 2.18 bits per heavy atom. The Labute approximate surface area is 95.7 Å². The molecule has 0 unspecified atom stereocenters. The fraction of sp³-hybridized carbons (Fsp3) is 0.556. The van der Waals surface area contributed by atoms with Gasteiger partial charge < -0.3 is 25.8 Å². The van der Waals surface area contributed by atoms with Crippen molar-refractivity contribution in [1.82, 2.24) is 9.97 Å². The van der Waals surface area contributed by atoms with Gasteiger partial charge in [0.25, 0.3) is 5.56 Å². The van der Waals surface area contributed by atoms with E-state index in [9.17, 15) is 15.0 Å². The fourth-order valence-corrected chi connectivity index (χ4v) is 1.78. The molecule has 1 fully saturated rings. The van der Waals surface area contributed by atoms with E-state index in [0.717, 1.165) is 0 Å². The molecule has 1 saturated heterocycles. The molecule has 2 rings (SSSR count). The van der Waals surface area contributed by atoms with Crippen LogP contribution in [0.25, 0.3) is 0 Å². The smallest absolute Gasteiger partial charge is 0.258 e. The van der Waals surface area contributed by atoms with Crippen molar-refractivity contribution >= 4 is 5.95 Å². The van der Waals surface area contributed by atoms with Crippen molar-refractivity contribution in [3.8, 4) is 0 Å². The Balaban J connectivity index is 2.32. The molecule has 8 heteroatoms. The Kier molecular flexibility index (Phi) is 3.11. The molecular formula is C9H13N3O5. The lowest BCUT2D eigenvalue weighted by molar-refractivity contribution is -0.0232. The van der Waals surface area contributed by atoms with Gasteiger partial charge in [0, 0.05) is 6.20 Å². The highest BCUT2D eigenvalue weighted by atomic mass is 16.6. The number of aromatic nitrogens is 2. The third kappa shape index (κ3) is 2.03. The van der Waals surface area contributed by atoms with Crippen LogP contribution in [0.2, 0.25) is 0 Å². The number of nitrogen functional groups attached to an aromatic ring is 1. The highest BCUT2D eigenvalue weighted by Gasteiger charge is 2.44. The second-order valence-corrected chi connectivity index (χ2v) is 3.81. The summed E-state index contributed by atoms with van der Waals surface area (Å²) in [5, 5.41) is 28.2. The van der Waals surface area contributed by atoms with Crippen LogP contribution in [0.3, 0.4) is 0 Å². The number of nitrogens with two attached hydrogens (primary N) is 1. The lowest BCUT2D eigenvalue weighted by atomic mass is 10.0. The zero-order valence-corrected chi connectivity index (χ0v) is 8.78. The van der Waals surface area contributed by atoms with Crippen molar-refractivity contribution in [1.29, 1.82) is 0 Å². The van der Waals surface area contributed by atoms with Crippen LogP contribution in [-0.2, 0) is 4.74 Å². The molecule has 0 amide bonds. The van der Waals surface area contributed by atoms with E-state index in [2.05, 4.69) is 9.97 Å². The first-order valence-corrected chi connectivity index (χ1v) is 5.01. The van der Waals surface area contributed by atoms with Crippen LogP contribution >= 0.6 is 0 Å². The third-order valence-corrected chi connectivity index (χ3v) is 2.70. The summed E-state index contributed by atoms with van der Waals surface area (Å²) in [7, 11) is 0. The van der Waals surface area contributed by atoms with Crippen LogP contribution in [0, 0.1) is 0 Å². The molecule has 0 bridgehead atoms.